The van der Waals surface area contributed by atoms with Crippen molar-refractivity contribution in [3.8, 4) is 11.5 Å². The smallest absolute Gasteiger partial charge is 0.331 e. The maximum atomic E-state index is 12.3. The molecule has 0 saturated carbocycles. The summed E-state index contributed by atoms with van der Waals surface area (Å²) in [6.07, 6.45) is 26.1. The largest absolute Gasteiger partial charge is 0.508 e. The standard InChI is InChI=1S/C24H32N2O3.C15H26N2O.C9H8O3/c27-22-6-3-4-17(12-22)7-8-24(28)29-23-9-11-26-19-13-18-5-1-2-10-25(18)20(14-19)15-21(26)16-23;18-15-4-6-17-12-7-11-3-1-2-5-16(11)13(8-12)9-14(17)10-15;10-8-3-1-2-7(6-8)4-5-9(11)12/h3-4,6-8,12,18-21,23,27H,1-2,5,9-11,13-16H2;11-15,18H,1-10H2;1-6,10H,(H,11,12)/b8-7-;;5-4+/t18-,19+,20+,21-,23?;11-,12+,13+,14-,15?;/m11./s1. The monoisotopic (exact) mass is 810 g/mol. The summed E-state index contributed by atoms with van der Waals surface area (Å²) in [7, 11) is 0. The van der Waals surface area contributed by atoms with Gasteiger partial charge in [0.1, 0.15) is 17.6 Å². The number of hydrogen-bond donors (Lipinski definition) is 4. The zero-order valence-electron chi connectivity index (χ0n) is 34.6. The van der Waals surface area contributed by atoms with Crippen LogP contribution in [0.15, 0.2) is 60.7 Å². The second-order valence-corrected chi connectivity index (χ2v) is 18.5. The van der Waals surface area contributed by atoms with Gasteiger partial charge < -0.3 is 25.2 Å². The van der Waals surface area contributed by atoms with E-state index in [4.69, 9.17) is 14.9 Å². The fourth-order valence-corrected chi connectivity index (χ4v) is 12.3. The van der Waals surface area contributed by atoms with Crippen LogP contribution in [0.3, 0.4) is 0 Å². The van der Waals surface area contributed by atoms with Crippen LogP contribution >= 0.6 is 0 Å². The quantitative estimate of drug-likeness (QED) is 0.191. The highest BCUT2D eigenvalue weighted by atomic mass is 16.5. The SMILES string of the molecule is O=C(/C=C\c1cccc(O)c1)OC1CCN2[C@@H]3C[C@@H](C[C@@H]2C1)N1CCCC[C@@H]1C3.O=C(O)/C=C/c1cccc(O)c1.OC1CCN2[C@@H]3C[C@@H](C[C@@H]2C1)N1CCCC[C@@H]1C3. The first-order valence-corrected chi connectivity index (χ1v) is 22.7. The van der Waals surface area contributed by atoms with Gasteiger partial charge >= 0.3 is 11.9 Å². The predicted octanol–water partition coefficient (Wildman–Crippen LogP) is 6.66. The van der Waals surface area contributed by atoms with Crippen molar-refractivity contribution < 1.29 is 34.8 Å². The Morgan fingerprint density at radius 1 is 0.542 bits per heavy atom. The van der Waals surface area contributed by atoms with Crippen LogP contribution in [0.4, 0.5) is 0 Å². The number of fused-ring (bicyclic) bond motifs is 12. The molecule has 0 aliphatic carbocycles. The number of carbonyl (C=O) groups is 2. The van der Waals surface area contributed by atoms with E-state index in [0.29, 0.717) is 17.6 Å². The normalized spacial score (nSPS) is 34.5. The van der Waals surface area contributed by atoms with E-state index in [0.717, 1.165) is 86.7 Å². The lowest BCUT2D eigenvalue weighted by atomic mass is 9.76. The molecule has 11 heteroatoms. The van der Waals surface area contributed by atoms with Gasteiger partial charge in [0.15, 0.2) is 0 Å². The van der Waals surface area contributed by atoms with Crippen LogP contribution in [0.25, 0.3) is 12.2 Å². The number of phenolic OH excluding ortho intramolecular Hbond substituents is 2. The van der Waals surface area contributed by atoms with Crippen LogP contribution < -0.4 is 0 Å². The van der Waals surface area contributed by atoms with Crippen molar-refractivity contribution in [2.45, 2.75) is 163 Å². The Kier molecular flexibility index (Phi) is 13.7. The summed E-state index contributed by atoms with van der Waals surface area (Å²) in [6, 6.07) is 19.3. The fraction of sp³-hybridized carbons (Fsp3) is 0.625. The van der Waals surface area contributed by atoms with Crippen molar-refractivity contribution in [3.63, 3.8) is 0 Å². The Hall–Kier alpha value is -3.74. The van der Waals surface area contributed by atoms with Gasteiger partial charge in [-0.05, 0) is 144 Å². The van der Waals surface area contributed by atoms with Crippen LogP contribution in [0.1, 0.15) is 114 Å². The Labute approximate surface area is 350 Å². The molecule has 320 valence electrons. The minimum atomic E-state index is -1.00. The molecule has 8 saturated heterocycles. The summed E-state index contributed by atoms with van der Waals surface area (Å²) in [5, 5.41) is 36.7. The van der Waals surface area contributed by atoms with Crippen molar-refractivity contribution in [3.05, 3.63) is 71.8 Å². The molecule has 8 aliphatic heterocycles. The first kappa shape index (κ1) is 42.0. The third kappa shape index (κ3) is 10.6. The number of aromatic hydroxyl groups is 2. The number of esters is 1. The Bertz CT molecular complexity index is 1800. The molecular weight excluding hydrogens is 745 g/mol. The molecule has 4 bridgehead atoms. The molecular formula is C48H66N4O7. The highest BCUT2D eigenvalue weighted by molar-refractivity contribution is 5.87. The number of carbonyl (C=O) groups excluding carboxylic acids is 1. The molecule has 2 aromatic rings. The summed E-state index contributed by atoms with van der Waals surface area (Å²) in [5.74, 6) is -0.952. The van der Waals surface area contributed by atoms with Gasteiger partial charge in [-0.3, -0.25) is 19.6 Å². The van der Waals surface area contributed by atoms with Crippen LogP contribution in [0.2, 0.25) is 0 Å². The van der Waals surface area contributed by atoms with Gasteiger partial charge in [0, 0.05) is 80.0 Å². The van der Waals surface area contributed by atoms with E-state index < -0.39 is 5.97 Å². The molecule has 0 aromatic heterocycles. The van der Waals surface area contributed by atoms with Crippen molar-refractivity contribution in [1.29, 1.82) is 0 Å². The lowest BCUT2D eigenvalue weighted by Crippen LogP contribution is -2.65. The molecule has 10 atom stereocenters. The minimum absolute atomic E-state index is 0.0218. The van der Waals surface area contributed by atoms with Crippen LogP contribution in [0.5, 0.6) is 11.5 Å². The lowest BCUT2D eigenvalue weighted by molar-refractivity contribution is -0.150. The summed E-state index contributed by atoms with van der Waals surface area (Å²) in [4.78, 5) is 33.6. The van der Waals surface area contributed by atoms with Gasteiger partial charge in [0.25, 0.3) is 0 Å². The zero-order chi connectivity index (χ0) is 40.9. The van der Waals surface area contributed by atoms with Crippen molar-refractivity contribution in [1.82, 2.24) is 19.6 Å². The number of ether oxygens (including phenoxy) is 1. The summed E-state index contributed by atoms with van der Waals surface area (Å²) in [6.45, 7) is 4.84. The molecule has 0 spiro atoms. The molecule has 0 amide bonds. The molecule has 0 radical (unpaired) electrons. The number of phenols is 2. The first-order valence-electron chi connectivity index (χ1n) is 22.7. The fourth-order valence-electron chi connectivity index (χ4n) is 12.3. The average Bonchev–Trinajstić information content (AvgIpc) is 3.23. The molecule has 8 fully saturated rings. The number of nitrogens with zero attached hydrogens (tertiary/aromatic N) is 4. The number of aliphatic hydroxyl groups is 1. The van der Waals surface area contributed by atoms with Gasteiger partial charge in [-0.2, -0.15) is 0 Å². The maximum absolute atomic E-state index is 12.3. The van der Waals surface area contributed by atoms with Crippen molar-refractivity contribution in [2.24, 2.45) is 0 Å². The molecule has 2 aromatic carbocycles. The van der Waals surface area contributed by atoms with E-state index >= 15 is 0 Å². The number of carboxylic acid groups (broad SMARTS) is 1. The topological polar surface area (TPSA) is 137 Å². The van der Waals surface area contributed by atoms with Crippen LogP contribution in [-0.4, -0.2) is 139 Å². The third-order valence-corrected chi connectivity index (χ3v) is 14.8. The van der Waals surface area contributed by atoms with Crippen molar-refractivity contribution >= 4 is 24.1 Å². The lowest BCUT2D eigenvalue weighted by Gasteiger charge is -2.58. The summed E-state index contributed by atoms with van der Waals surface area (Å²) in [5.41, 5.74) is 1.46. The molecule has 4 N–H and O–H groups in total. The molecule has 59 heavy (non-hydrogen) atoms. The molecule has 2 unspecified atom stereocenters. The van der Waals surface area contributed by atoms with Gasteiger partial charge in [-0.25, -0.2) is 9.59 Å². The number of benzene rings is 2. The number of piperidine rings is 8. The molecule has 8 aliphatic rings. The maximum Gasteiger partial charge on any atom is 0.331 e. The zero-order valence-corrected chi connectivity index (χ0v) is 34.6. The number of hydrogen-bond acceptors (Lipinski definition) is 10. The molecule has 10 rings (SSSR count). The average molecular weight is 811 g/mol. The number of aliphatic carboxylic acids is 1. The van der Waals surface area contributed by atoms with E-state index in [-0.39, 0.29) is 29.7 Å². The Morgan fingerprint density at radius 2 is 1.00 bits per heavy atom. The second-order valence-electron chi connectivity index (χ2n) is 18.5. The molecule has 8 heterocycles. The van der Waals surface area contributed by atoms with E-state index in [1.807, 2.05) is 6.07 Å². The minimum Gasteiger partial charge on any atom is -0.508 e. The van der Waals surface area contributed by atoms with E-state index in [1.54, 1.807) is 36.4 Å². The Balaban J connectivity index is 0.000000137. The van der Waals surface area contributed by atoms with E-state index in [1.165, 1.54) is 114 Å². The van der Waals surface area contributed by atoms with Gasteiger partial charge in [-0.15, -0.1) is 0 Å². The second kappa shape index (κ2) is 19.3. The van der Waals surface area contributed by atoms with Gasteiger partial charge in [-0.1, -0.05) is 37.1 Å². The van der Waals surface area contributed by atoms with Crippen LogP contribution in [0, 0.1) is 0 Å². The summed E-state index contributed by atoms with van der Waals surface area (Å²) >= 11 is 0. The number of carboxylic acids is 1. The van der Waals surface area contributed by atoms with E-state index in [9.17, 15) is 19.8 Å². The first-order chi connectivity index (χ1) is 28.6. The number of aliphatic hydroxyl groups excluding tert-OH is 1. The molecule has 11 nitrogen and oxygen atoms in total. The predicted molar refractivity (Wildman–Crippen MR) is 229 cm³/mol. The summed E-state index contributed by atoms with van der Waals surface area (Å²) < 4.78 is 5.79. The Morgan fingerprint density at radius 3 is 1.53 bits per heavy atom. The van der Waals surface area contributed by atoms with Gasteiger partial charge in [0.05, 0.1) is 6.10 Å². The highest BCUT2D eigenvalue weighted by Gasteiger charge is 2.48. The van der Waals surface area contributed by atoms with Gasteiger partial charge in [0.2, 0.25) is 0 Å². The van der Waals surface area contributed by atoms with E-state index in [2.05, 4.69) is 19.6 Å². The van der Waals surface area contributed by atoms with Crippen molar-refractivity contribution in [2.75, 3.05) is 26.2 Å². The highest BCUT2D eigenvalue weighted by Crippen LogP contribution is 2.43. The van der Waals surface area contributed by atoms with Crippen LogP contribution in [-0.2, 0) is 14.3 Å². The third-order valence-electron chi connectivity index (χ3n) is 14.8. The number of rotatable bonds is 5.